The van der Waals surface area contributed by atoms with Gasteiger partial charge in [-0.25, -0.2) is 4.39 Å². The van der Waals surface area contributed by atoms with Crippen molar-refractivity contribution < 1.29 is 14.2 Å². The van der Waals surface area contributed by atoms with E-state index in [0.29, 0.717) is 13.1 Å². The van der Waals surface area contributed by atoms with E-state index < -0.39 is 6.10 Å². The molecule has 0 fully saturated rings. The Bertz CT molecular complexity index is 738. The Balaban J connectivity index is 1.86. The van der Waals surface area contributed by atoms with E-state index in [1.165, 1.54) is 17.2 Å². The van der Waals surface area contributed by atoms with Crippen molar-refractivity contribution in [3.8, 4) is 5.75 Å². The van der Waals surface area contributed by atoms with Gasteiger partial charge in [0, 0.05) is 18.8 Å². The molecule has 2 aromatic rings. The van der Waals surface area contributed by atoms with Gasteiger partial charge >= 0.3 is 0 Å². The number of nitrogens with zero attached hydrogens (tertiary/aromatic N) is 1. The molecule has 1 aliphatic heterocycles. The molecule has 126 valence electrons. The number of rotatable bonds is 5. The second kappa shape index (κ2) is 7.05. The number of aliphatic hydroxyl groups excluding tert-OH is 1. The van der Waals surface area contributed by atoms with Crippen LogP contribution < -0.4 is 9.64 Å². The highest BCUT2D eigenvalue weighted by atomic mass is 19.1. The number of methoxy groups -OCH3 is 1. The number of β-amino-alcohol motifs (C(OH)–C–C–N with tert-alkyl or cyclic N) is 1. The highest BCUT2D eigenvalue weighted by Crippen LogP contribution is 2.31. The van der Waals surface area contributed by atoms with Crippen LogP contribution in [-0.2, 0) is 6.42 Å². The summed E-state index contributed by atoms with van der Waals surface area (Å²) in [6.45, 7) is 2.92. The number of ether oxygens (including phenoxy) is 1. The summed E-state index contributed by atoms with van der Waals surface area (Å²) >= 11 is 0. The van der Waals surface area contributed by atoms with Crippen LogP contribution in [0, 0.1) is 5.82 Å². The van der Waals surface area contributed by atoms with Gasteiger partial charge in [0.25, 0.3) is 0 Å². The summed E-state index contributed by atoms with van der Waals surface area (Å²) in [6.07, 6.45) is 2.47. The molecule has 1 N–H and O–H groups in total. The third kappa shape index (κ3) is 3.77. The van der Waals surface area contributed by atoms with E-state index in [1.807, 2.05) is 17.0 Å². The molecule has 1 aliphatic rings. The van der Waals surface area contributed by atoms with E-state index in [4.69, 9.17) is 4.74 Å². The molecule has 4 heteroatoms. The first-order valence-corrected chi connectivity index (χ1v) is 8.10. The van der Waals surface area contributed by atoms with Crippen LogP contribution >= 0.6 is 0 Å². The third-order valence-electron chi connectivity index (χ3n) is 4.16. The van der Waals surface area contributed by atoms with E-state index in [-0.39, 0.29) is 5.82 Å². The summed E-state index contributed by atoms with van der Waals surface area (Å²) in [5.74, 6) is 0.587. The Morgan fingerprint density at radius 2 is 1.96 bits per heavy atom. The average molecular weight is 327 g/mol. The molecule has 0 aliphatic carbocycles. The predicted molar refractivity (Wildman–Crippen MR) is 95.0 cm³/mol. The fraction of sp³-hybridized carbons (Fsp3) is 0.300. The lowest BCUT2D eigenvalue weighted by Gasteiger charge is -2.32. The van der Waals surface area contributed by atoms with Gasteiger partial charge in [-0.3, -0.25) is 0 Å². The van der Waals surface area contributed by atoms with Crippen molar-refractivity contribution in [1.82, 2.24) is 0 Å². The molecule has 3 rings (SSSR count). The van der Waals surface area contributed by atoms with Gasteiger partial charge in [0.15, 0.2) is 0 Å². The number of aliphatic hydroxyl groups is 1. The maximum absolute atomic E-state index is 13.6. The van der Waals surface area contributed by atoms with Gasteiger partial charge in [-0.15, -0.1) is 0 Å². The fourth-order valence-corrected chi connectivity index (χ4v) is 3.10. The lowest BCUT2D eigenvalue weighted by molar-refractivity contribution is 0.200. The van der Waals surface area contributed by atoms with Crippen LogP contribution in [0.4, 0.5) is 10.1 Å². The molecule has 0 saturated carbocycles. The zero-order valence-electron chi connectivity index (χ0n) is 14.0. The minimum absolute atomic E-state index is 0.253. The number of benzene rings is 2. The second-order valence-electron chi connectivity index (χ2n) is 6.26. The molecule has 0 radical (unpaired) electrons. The first kappa shape index (κ1) is 16.5. The van der Waals surface area contributed by atoms with Crippen molar-refractivity contribution in [2.45, 2.75) is 19.4 Å². The monoisotopic (exact) mass is 327 g/mol. The van der Waals surface area contributed by atoms with Crippen LogP contribution in [0.5, 0.6) is 5.75 Å². The van der Waals surface area contributed by atoms with Crippen LogP contribution in [0.1, 0.15) is 18.1 Å². The molecule has 0 bridgehead atoms. The molecule has 0 amide bonds. The van der Waals surface area contributed by atoms with Crippen LogP contribution in [0.15, 0.2) is 48.0 Å². The molecule has 0 spiro atoms. The zero-order chi connectivity index (χ0) is 17.1. The van der Waals surface area contributed by atoms with Crippen LogP contribution in [0.3, 0.4) is 0 Å². The first-order valence-electron chi connectivity index (χ1n) is 8.10. The molecule has 3 nitrogen and oxygen atoms in total. The van der Waals surface area contributed by atoms with E-state index >= 15 is 0 Å². The minimum Gasteiger partial charge on any atom is -0.497 e. The Kier molecular flexibility index (Phi) is 4.86. The zero-order valence-corrected chi connectivity index (χ0v) is 14.0. The molecule has 1 unspecified atom stereocenters. The highest BCUT2D eigenvalue weighted by Gasteiger charge is 2.20. The van der Waals surface area contributed by atoms with Crippen molar-refractivity contribution in [3.63, 3.8) is 0 Å². The summed E-state index contributed by atoms with van der Waals surface area (Å²) in [6, 6.07) is 12.8. The summed E-state index contributed by atoms with van der Waals surface area (Å²) in [5, 5.41) is 9.76. The molecule has 1 heterocycles. The van der Waals surface area contributed by atoms with Gasteiger partial charge in [0.1, 0.15) is 11.6 Å². The predicted octanol–water partition coefficient (Wildman–Crippen LogP) is 3.66. The lowest BCUT2D eigenvalue weighted by Crippen LogP contribution is -2.35. The maximum Gasteiger partial charge on any atom is 0.125 e. The topological polar surface area (TPSA) is 32.7 Å². The quantitative estimate of drug-likeness (QED) is 0.910. The number of fused-ring (bicyclic) bond motifs is 1. The molecule has 24 heavy (non-hydrogen) atoms. The normalized spacial score (nSPS) is 14.8. The van der Waals surface area contributed by atoms with Gasteiger partial charge in [-0.05, 0) is 60.4 Å². The van der Waals surface area contributed by atoms with Crippen molar-refractivity contribution >= 4 is 11.8 Å². The second-order valence-corrected chi connectivity index (χ2v) is 6.26. The number of hydrogen-bond acceptors (Lipinski definition) is 3. The van der Waals surface area contributed by atoms with E-state index in [9.17, 15) is 9.50 Å². The van der Waals surface area contributed by atoms with Gasteiger partial charge in [-0.2, -0.15) is 0 Å². The maximum atomic E-state index is 13.6. The van der Waals surface area contributed by atoms with Gasteiger partial charge in [0.05, 0.1) is 13.2 Å². The Morgan fingerprint density at radius 1 is 1.21 bits per heavy atom. The average Bonchev–Trinajstić information content (AvgIpc) is 2.56. The van der Waals surface area contributed by atoms with Gasteiger partial charge in [-0.1, -0.05) is 18.2 Å². The van der Waals surface area contributed by atoms with Gasteiger partial charge < -0.3 is 14.7 Å². The summed E-state index contributed by atoms with van der Waals surface area (Å²) in [4.78, 5) is 2.04. The van der Waals surface area contributed by atoms with Crippen molar-refractivity contribution in [2.24, 2.45) is 0 Å². The molecule has 2 aromatic carbocycles. The van der Waals surface area contributed by atoms with Crippen LogP contribution in [-0.4, -0.2) is 31.4 Å². The Labute approximate surface area is 142 Å². The van der Waals surface area contributed by atoms with Crippen LogP contribution in [0.25, 0.3) is 6.08 Å². The van der Waals surface area contributed by atoms with Crippen molar-refractivity contribution in [2.75, 3.05) is 25.1 Å². The van der Waals surface area contributed by atoms with Crippen LogP contribution in [0.2, 0.25) is 0 Å². The van der Waals surface area contributed by atoms with E-state index in [0.717, 1.165) is 23.4 Å². The SMILES string of the molecule is COc1ccc(CC2=Cc3ccc(F)cc3N(CC(C)O)C2)cc1. The summed E-state index contributed by atoms with van der Waals surface area (Å²) in [7, 11) is 1.66. The molecule has 0 aromatic heterocycles. The fourth-order valence-electron chi connectivity index (χ4n) is 3.10. The molecule has 0 saturated heterocycles. The Hall–Kier alpha value is -2.33. The lowest BCUT2D eigenvalue weighted by atomic mass is 9.97. The van der Waals surface area contributed by atoms with Gasteiger partial charge in [0.2, 0.25) is 0 Å². The Morgan fingerprint density at radius 3 is 2.62 bits per heavy atom. The smallest absolute Gasteiger partial charge is 0.125 e. The van der Waals surface area contributed by atoms with Crippen molar-refractivity contribution in [3.05, 3.63) is 65.0 Å². The first-order chi connectivity index (χ1) is 11.5. The minimum atomic E-state index is -0.471. The third-order valence-corrected chi connectivity index (χ3v) is 4.16. The summed E-state index contributed by atoms with van der Waals surface area (Å²) in [5.41, 5.74) is 4.27. The molecule has 1 atom stereocenters. The largest absolute Gasteiger partial charge is 0.497 e. The summed E-state index contributed by atoms with van der Waals surface area (Å²) < 4.78 is 18.8. The molecular weight excluding hydrogens is 305 g/mol. The van der Waals surface area contributed by atoms with E-state index in [2.05, 4.69) is 18.2 Å². The number of halogens is 1. The van der Waals surface area contributed by atoms with Crippen molar-refractivity contribution in [1.29, 1.82) is 0 Å². The van der Waals surface area contributed by atoms with E-state index in [1.54, 1.807) is 26.2 Å². The standard InChI is InChI=1S/C20H22FNO2/c1-14(23)12-22-13-16(9-15-3-7-19(24-2)8-4-15)10-17-5-6-18(21)11-20(17)22/h3-8,10-11,14,23H,9,12-13H2,1-2H3. The molecular formula is C20H22FNO2. The number of hydrogen-bond donors (Lipinski definition) is 1. The highest BCUT2D eigenvalue weighted by molar-refractivity contribution is 5.73. The number of anilines is 1.